The van der Waals surface area contributed by atoms with E-state index in [9.17, 15) is 5.53 Å². The topological polar surface area (TPSA) is 36.4 Å². The molecule has 118 valence electrons. The average Bonchev–Trinajstić information content (AvgIpc) is 3.09. The molecule has 1 aliphatic carbocycles. The maximum Gasteiger partial charge on any atom is 0.331 e. The van der Waals surface area contributed by atoms with Crippen LogP contribution in [0, 0.1) is 0 Å². The Morgan fingerprint density at radius 2 is 1.04 bits per heavy atom. The number of hydrogen-bond acceptors (Lipinski definition) is 0. The van der Waals surface area contributed by atoms with Gasteiger partial charge in [-0.05, 0) is 28.3 Å². The van der Waals surface area contributed by atoms with Gasteiger partial charge in [-0.3, -0.25) is 0 Å². The zero-order valence-corrected chi connectivity index (χ0v) is 13.6. The molecular formula is C23H16N2. The first kappa shape index (κ1) is 15.1. The Balaban J connectivity index is 1.96. The van der Waals surface area contributed by atoms with Crippen LogP contribution < -0.4 is 0 Å². The summed E-state index contributed by atoms with van der Waals surface area (Å²) in [4.78, 5) is 3.67. The quantitative estimate of drug-likeness (QED) is 0.460. The minimum Gasteiger partial charge on any atom is -0.361 e. The summed E-state index contributed by atoms with van der Waals surface area (Å²) in [6.45, 7) is 0. The van der Waals surface area contributed by atoms with Crippen LogP contribution in [0.1, 0.15) is 16.7 Å². The van der Waals surface area contributed by atoms with Gasteiger partial charge >= 0.3 is 5.71 Å². The highest BCUT2D eigenvalue weighted by molar-refractivity contribution is 6.51. The number of rotatable bonds is 3. The van der Waals surface area contributed by atoms with Crippen LogP contribution in [0.15, 0.2) is 97.1 Å². The van der Waals surface area contributed by atoms with Gasteiger partial charge < -0.3 is 5.53 Å². The number of benzene rings is 3. The van der Waals surface area contributed by atoms with Gasteiger partial charge in [-0.25, -0.2) is 0 Å². The van der Waals surface area contributed by atoms with Crippen LogP contribution in [0.2, 0.25) is 0 Å². The van der Waals surface area contributed by atoms with Crippen molar-refractivity contribution in [2.45, 2.75) is 0 Å². The lowest BCUT2D eigenvalue weighted by atomic mass is 9.94. The van der Waals surface area contributed by atoms with E-state index in [4.69, 9.17) is 0 Å². The Kier molecular flexibility index (Phi) is 3.96. The van der Waals surface area contributed by atoms with Gasteiger partial charge in [0.25, 0.3) is 0 Å². The fraction of sp³-hybridized carbons (Fsp3) is 0. The van der Waals surface area contributed by atoms with Crippen molar-refractivity contribution in [1.82, 2.24) is 0 Å². The van der Waals surface area contributed by atoms with Crippen LogP contribution in [0.4, 0.5) is 0 Å². The van der Waals surface area contributed by atoms with E-state index in [1.165, 1.54) is 0 Å². The largest absolute Gasteiger partial charge is 0.361 e. The van der Waals surface area contributed by atoms with Crippen molar-refractivity contribution in [3.63, 3.8) is 0 Å². The molecule has 3 aromatic carbocycles. The first-order valence-corrected chi connectivity index (χ1v) is 8.23. The molecule has 0 bridgehead atoms. The van der Waals surface area contributed by atoms with E-state index < -0.39 is 0 Å². The summed E-state index contributed by atoms with van der Waals surface area (Å²) in [5, 5.41) is 0. The highest BCUT2D eigenvalue weighted by Gasteiger charge is 2.32. The first-order valence-electron chi connectivity index (χ1n) is 8.23. The maximum atomic E-state index is 9.81. The Labute approximate surface area is 147 Å². The van der Waals surface area contributed by atoms with Crippen molar-refractivity contribution in [3.05, 3.63) is 119 Å². The molecule has 0 atom stereocenters. The molecular weight excluding hydrogens is 304 g/mol. The lowest BCUT2D eigenvalue weighted by Crippen LogP contribution is -2.03. The molecule has 0 saturated heterocycles. The Hall–Kier alpha value is -3.48. The molecule has 0 spiro atoms. The Morgan fingerprint density at radius 1 is 0.560 bits per heavy atom. The predicted molar refractivity (Wildman–Crippen MR) is 103 cm³/mol. The van der Waals surface area contributed by atoms with Gasteiger partial charge in [0.2, 0.25) is 0 Å². The molecule has 2 nitrogen and oxygen atoms in total. The summed E-state index contributed by atoms with van der Waals surface area (Å²) in [6, 6.07) is 30.3. The van der Waals surface area contributed by atoms with E-state index in [0.717, 1.165) is 33.4 Å². The SMILES string of the molecule is [N-]=[N+]=C1C(c2ccccc2)=CC(c2ccccc2)=C1c1ccccc1. The van der Waals surface area contributed by atoms with E-state index in [0.29, 0.717) is 5.71 Å². The highest BCUT2D eigenvalue weighted by atomic mass is 14.9. The molecule has 0 unspecified atom stereocenters. The van der Waals surface area contributed by atoms with Gasteiger partial charge in [-0.2, -0.15) is 4.79 Å². The molecule has 0 fully saturated rings. The van der Waals surface area contributed by atoms with Gasteiger partial charge in [-0.1, -0.05) is 91.0 Å². The molecule has 4 rings (SSSR count). The Bertz CT molecular complexity index is 1010. The van der Waals surface area contributed by atoms with Crippen molar-refractivity contribution in [1.29, 1.82) is 0 Å². The normalized spacial score (nSPS) is 13.6. The molecule has 1 aliphatic rings. The third kappa shape index (κ3) is 2.76. The van der Waals surface area contributed by atoms with Crippen molar-refractivity contribution in [3.8, 4) is 0 Å². The second-order valence-corrected chi connectivity index (χ2v) is 5.89. The van der Waals surface area contributed by atoms with Crippen molar-refractivity contribution in [2.75, 3.05) is 0 Å². The van der Waals surface area contributed by atoms with Gasteiger partial charge in [0.05, 0.1) is 11.1 Å². The summed E-state index contributed by atoms with van der Waals surface area (Å²) in [6.07, 6.45) is 2.11. The van der Waals surface area contributed by atoms with E-state index in [1.54, 1.807) is 0 Å². The molecule has 0 amide bonds. The highest BCUT2D eigenvalue weighted by Crippen LogP contribution is 2.39. The molecule has 0 saturated carbocycles. The number of allylic oxidation sites excluding steroid dienone is 4. The molecule has 0 heterocycles. The van der Waals surface area contributed by atoms with Crippen LogP contribution >= 0.6 is 0 Å². The van der Waals surface area contributed by atoms with Crippen LogP contribution in [-0.4, -0.2) is 10.5 Å². The zero-order chi connectivity index (χ0) is 17.1. The molecule has 0 N–H and O–H groups in total. The van der Waals surface area contributed by atoms with E-state index >= 15 is 0 Å². The number of hydrogen-bond donors (Lipinski definition) is 0. The van der Waals surface area contributed by atoms with Crippen molar-refractivity contribution >= 4 is 22.4 Å². The third-order valence-corrected chi connectivity index (χ3v) is 4.38. The minimum atomic E-state index is 0.608. The molecule has 3 aromatic rings. The van der Waals surface area contributed by atoms with Gasteiger partial charge in [0.15, 0.2) is 0 Å². The summed E-state index contributed by atoms with van der Waals surface area (Å²) in [7, 11) is 0. The van der Waals surface area contributed by atoms with Crippen LogP contribution in [0.3, 0.4) is 0 Å². The summed E-state index contributed by atoms with van der Waals surface area (Å²) in [5.41, 5.74) is 16.5. The van der Waals surface area contributed by atoms with E-state index in [-0.39, 0.29) is 0 Å². The second-order valence-electron chi connectivity index (χ2n) is 5.89. The molecule has 25 heavy (non-hydrogen) atoms. The van der Waals surface area contributed by atoms with Crippen molar-refractivity contribution in [2.24, 2.45) is 0 Å². The zero-order valence-electron chi connectivity index (χ0n) is 13.6. The fourth-order valence-corrected chi connectivity index (χ4v) is 3.23. The average molecular weight is 320 g/mol. The Morgan fingerprint density at radius 3 is 1.56 bits per heavy atom. The minimum absolute atomic E-state index is 0.608. The van der Waals surface area contributed by atoms with Gasteiger partial charge in [0.1, 0.15) is 0 Å². The summed E-state index contributed by atoms with van der Waals surface area (Å²) in [5.74, 6) is 0. The molecule has 0 aromatic heterocycles. The smallest absolute Gasteiger partial charge is 0.331 e. The van der Waals surface area contributed by atoms with Gasteiger partial charge in [-0.15, -0.1) is 0 Å². The van der Waals surface area contributed by atoms with Crippen LogP contribution in [0.5, 0.6) is 0 Å². The van der Waals surface area contributed by atoms with Crippen LogP contribution in [0.25, 0.3) is 22.3 Å². The lowest BCUT2D eigenvalue weighted by Gasteiger charge is -2.05. The second kappa shape index (κ2) is 6.56. The fourth-order valence-electron chi connectivity index (χ4n) is 3.23. The standard InChI is InChI=1S/C23H16N2/c24-25-23-21(18-12-6-2-7-13-18)16-20(17-10-4-1-5-11-17)22(23)19-14-8-3-9-15-19/h1-16H. The third-order valence-electron chi connectivity index (χ3n) is 4.38. The predicted octanol–water partition coefficient (Wildman–Crippen LogP) is 5.37. The molecule has 2 heteroatoms. The van der Waals surface area contributed by atoms with E-state index in [2.05, 4.69) is 23.0 Å². The summed E-state index contributed by atoms with van der Waals surface area (Å²) < 4.78 is 0. The lowest BCUT2D eigenvalue weighted by molar-refractivity contribution is 0.000345. The molecule has 0 aliphatic heterocycles. The maximum absolute atomic E-state index is 9.81. The van der Waals surface area contributed by atoms with Crippen molar-refractivity contribution < 1.29 is 4.79 Å². The van der Waals surface area contributed by atoms with Gasteiger partial charge in [0, 0.05) is 0 Å². The van der Waals surface area contributed by atoms with Crippen LogP contribution in [-0.2, 0) is 0 Å². The van der Waals surface area contributed by atoms with E-state index in [1.807, 2.05) is 78.9 Å². The summed E-state index contributed by atoms with van der Waals surface area (Å²) >= 11 is 0. The first-order chi connectivity index (χ1) is 12.4. The monoisotopic (exact) mass is 320 g/mol. The number of nitrogens with zero attached hydrogens (tertiary/aromatic N) is 2. The molecule has 0 radical (unpaired) electrons.